The number of hydrogen-bond acceptors (Lipinski definition) is 5. The van der Waals surface area contributed by atoms with Crippen LogP contribution in [0.3, 0.4) is 0 Å². The van der Waals surface area contributed by atoms with Crippen molar-refractivity contribution in [2.45, 2.75) is 6.29 Å². The lowest BCUT2D eigenvalue weighted by Gasteiger charge is -2.15. The molecule has 0 aliphatic heterocycles. The van der Waals surface area contributed by atoms with Crippen molar-refractivity contribution in [2.24, 2.45) is 0 Å². The highest BCUT2D eigenvalue weighted by molar-refractivity contribution is 5.41. The van der Waals surface area contributed by atoms with Crippen molar-refractivity contribution in [1.29, 1.82) is 0 Å². The molecule has 0 saturated heterocycles. The predicted molar refractivity (Wildman–Crippen MR) is 62.8 cm³/mol. The zero-order valence-electron chi connectivity index (χ0n) is 10.6. The molecule has 0 amide bonds. The Morgan fingerprint density at radius 1 is 0.824 bits per heavy atom. The molecule has 0 bridgehead atoms. The molecule has 0 aliphatic rings. The molecule has 5 heteroatoms. The second-order valence-electron chi connectivity index (χ2n) is 3.26. The van der Waals surface area contributed by atoms with Crippen LogP contribution in [0.4, 0.5) is 0 Å². The summed E-state index contributed by atoms with van der Waals surface area (Å²) in [7, 11) is 6.30. The number of benzene rings is 1. The lowest BCUT2D eigenvalue weighted by molar-refractivity contribution is -0.122. The van der Waals surface area contributed by atoms with Gasteiger partial charge in [0, 0.05) is 32.4 Å². The van der Waals surface area contributed by atoms with Gasteiger partial charge in [-0.25, -0.2) is 0 Å². The molecule has 0 radical (unpaired) electrons. The average molecular weight is 242 g/mol. The fourth-order valence-electron chi connectivity index (χ4n) is 1.26. The maximum Gasteiger partial charge on any atom is 0.191 e. The minimum Gasteiger partial charge on any atom is -0.496 e. The fraction of sp³-hybridized carbons (Fsp3) is 0.500. The molecule has 0 heterocycles. The normalized spacial score (nSPS) is 10.4. The Bertz CT molecular complexity index is 313. The second kappa shape index (κ2) is 6.98. The first-order valence-corrected chi connectivity index (χ1v) is 5.15. The summed E-state index contributed by atoms with van der Waals surface area (Å²) >= 11 is 0. The van der Waals surface area contributed by atoms with E-state index >= 15 is 0 Å². The van der Waals surface area contributed by atoms with E-state index in [1.54, 1.807) is 46.6 Å². The number of methoxy groups -OCH3 is 4. The van der Waals surface area contributed by atoms with Gasteiger partial charge in [-0.15, -0.1) is 0 Å². The highest BCUT2D eigenvalue weighted by Gasteiger charge is 2.08. The summed E-state index contributed by atoms with van der Waals surface area (Å²) in [6.45, 7) is 0.295. The van der Waals surface area contributed by atoms with E-state index in [0.29, 0.717) is 23.9 Å². The first-order chi connectivity index (χ1) is 8.23. The van der Waals surface area contributed by atoms with Gasteiger partial charge in [-0.05, 0) is 0 Å². The van der Waals surface area contributed by atoms with Gasteiger partial charge in [0.2, 0.25) is 0 Å². The van der Waals surface area contributed by atoms with Crippen LogP contribution in [0.15, 0.2) is 18.2 Å². The molecule has 0 unspecified atom stereocenters. The van der Waals surface area contributed by atoms with Gasteiger partial charge >= 0.3 is 0 Å². The molecule has 0 saturated carbocycles. The Balaban J connectivity index is 2.69. The van der Waals surface area contributed by atoms with Crippen molar-refractivity contribution in [2.75, 3.05) is 35.0 Å². The van der Waals surface area contributed by atoms with Crippen LogP contribution in [0.25, 0.3) is 0 Å². The maximum absolute atomic E-state index is 5.52. The molecule has 1 aromatic rings. The summed E-state index contributed by atoms with van der Waals surface area (Å²) in [6, 6.07) is 5.31. The van der Waals surface area contributed by atoms with Crippen LogP contribution in [-0.2, 0) is 9.47 Å². The van der Waals surface area contributed by atoms with Crippen molar-refractivity contribution in [3.63, 3.8) is 0 Å². The Labute approximate surface area is 101 Å². The van der Waals surface area contributed by atoms with E-state index in [-0.39, 0.29) is 0 Å². The first kappa shape index (κ1) is 13.6. The molecule has 0 aromatic heterocycles. The van der Waals surface area contributed by atoms with Crippen LogP contribution >= 0.6 is 0 Å². The zero-order valence-corrected chi connectivity index (χ0v) is 10.6. The van der Waals surface area contributed by atoms with E-state index in [2.05, 4.69) is 0 Å². The van der Waals surface area contributed by atoms with E-state index in [1.807, 2.05) is 0 Å². The number of rotatable bonds is 7. The minimum absolute atomic E-state index is 0.295. The molecular weight excluding hydrogens is 224 g/mol. The summed E-state index contributed by atoms with van der Waals surface area (Å²) < 4.78 is 25.8. The Hall–Kier alpha value is -1.46. The van der Waals surface area contributed by atoms with Crippen molar-refractivity contribution < 1.29 is 23.7 Å². The summed E-state index contributed by atoms with van der Waals surface area (Å²) in [5, 5.41) is 0. The standard InChI is InChI=1S/C12H18O5/c1-13-9-5-10(14-2)7-11(6-9)17-8-12(15-3)16-4/h5-7,12H,8H2,1-4H3. The molecule has 0 fully saturated rings. The quantitative estimate of drug-likeness (QED) is 0.681. The molecular formula is C12H18O5. The minimum atomic E-state index is -0.396. The Morgan fingerprint density at radius 2 is 1.29 bits per heavy atom. The van der Waals surface area contributed by atoms with E-state index in [4.69, 9.17) is 23.7 Å². The molecule has 1 aromatic carbocycles. The van der Waals surface area contributed by atoms with Crippen molar-refractivity contribution >= 4 is 0 Å². The smallest absolute Gasteiger partial charge is 0.191 e. The second-order valence-corrected chi connectivity index (χ2v) is 3.26. The summed E-state index contributed by atoms with van der Waals surface area (Å²) in [5.41, 5.74) is 0. The fourth-order valence-corrected chi connectivity index (χ4v) is 1.26. The topological polar surface area (TPSA) is 46.2 Å². The van der Waals surface area contributed by atoms with Crippen LogP contribution in [0.5, 0.6) is 17.2 Å². The molecule has 5 nitrogen and oxygen atoms in total. The van der Waals surface area contributed by atoms with E-state index in [0.717, 1.165) is 0 Å². The molecule has 0 atom stereocenters. The van der Waals surface area contributed by atoms with Crippen molar-refractivity contribution in [3.05, 3.63) is 18.2 Å². The zero-order chi connectivity index (χ0) is 12.7. The molecule has 0 N–H and O–H groups in total. The Morgan fingerprint density at radius 3 is 1.71 bits per heavy atom. The van der Waals surface area contributed by atoms with Crippen LogP contribution in [0.2, 0.25) is 0 Å². The van der Waals surface area contributed by atoms with Gasteiger partial charge in [-0.1, -0.05) is 0 Å². The van der Waals surface area contributed by atoms with Gasteiger partial charge in [0.25, 0.3) is 0 Å². The monoisotopic (exact) mass is 242 g/mol. The molecule has 17 heavy (non-hydrogen) atoms. The third-order valence-corrected chi connectivity index (χ3v) is 2.24. The average Bonchev–Trinajstić information content (AvgIpc) is 2.39. The maximum atomic E-state index is 5.52. The summed E-state index contributed by atoms with van der Waals surface area (Å²) in [5.74, 6) is 1.98. The van der Waals surface area contributed by atoms with Crippen LogP contribution < -0.4 is 14.2 Å². The van der Waals surface area contributed by atoms with Gasteiger partial charge in [0.1, 0.15) is 23.9 Å². The van der Waals surface area contributed by atoms with E-state index in [1.165, 1.54) is 0 Å². The van der Waals surface area contributed by atoms with Gasteiger partial charge in [-0.2, -0.15) is 0 Å². The molecule has 0 aliphatic carbocycles. The van der Waals surface area contributed by atoms with Gasteiger partial charge in [-0.3, -0.25) is 0 Å². The Kier molecular flexibility index (Phi) is 5.59. The van der Waals surface area contributed by atoms with Gasteiger partial charge in [0.05, 0.1) is 14.2 Å². The van der Waals surface area contributed by atoms with Crippen molar-refractivity contribution in [3.8, 4) is 17.2 Å². The van der Waals surface area contributed by atoms with E-state index in [9.17, 15) is 0 Å². The van der Waals surface area contributed by atoms with Crippen molar-refractivity contribution in [1.82, 2.24) is 0 Å². The largest absolute Gasteiger partial charge is 0.496 e. The number of hydrogen-bond donors (Lipinski definition) is 0. The van der Waals surface area contributed by atoms with E-state index < -0.39 is 6.29 Å². The van der Waals surface area contributed by atoms with Crippen LogP contribution in [0.1, 0.15) is 0 Å². The third kappa shape index (κ3) is 4.13. The summed E-state index contributed by atoms with van der Waals surface area (Å²) in [4.78, 5) is 0. The lowest BCUT2D eigenvalue weighted by Crippen LogP contribution is -2.22. The SMILES string of the molecule is COc1cc(OC)cc(OCC(OC)OC)c1. The summed E-state index contributed by atoms with van der Waals surface area (Å²) in [6.07, 6.45) is -0.396. The molecule has 1 rings (SSSR count). The number of ether oxygens (including phenoxy) is 5. The highest BCUT2D eigenvalue weighted by Crippen LogP contribution is 2.27. The van der Waals surface area contributed by atoms with Crippen LogP contribution in [0, 0.1) is 0 Å². The van der Waals surface area contributed by atoms with Crippen LogP contribution in [-0.4, -0.2) is 41.3 Å². The lowest BCUT2D eigenvalue weighted by atomic mass is 10.3. The molecule has 0 spiro atoms. The third-order valence-electron chi connectivity index (χ3n) is 2.24. The predicted octanol–water partition coefficient (Wildman–Crippen LogP) is 1.70. The first-order valence-electron chi connectivity index (χ1n) is 5.15. The van der Waals surface area contributed by atoms with Gasteiger partial charge < -0.3 is 23.7 Å². The van der Waals surface area contributed by atoms with Gasteiger partial charge in [0.15, 0.2) is 6.29 Å². The highest BCUT2D eigenvalue weighted by atomic mass is 16.7. The molecule has 96 valence electrons.